The van der Waals surface area contributed by atoms with Crippen molar-refractivity contribution in [1.82, 2.24) is 9.13 Å². The molecule has 0 aliphatic heterocycles. The van der Waals surface area contributed by atoms with Crippen molar-refractivity contribution in [2.24, 2.45) is 11.5 Å². The molecule has 2 aromatic heterocycles. The Morgan fingerprint density at radius 3 is 1.74 bits per heavy atom. The van der Waals surface area contributed by atoms with Crippen LogP contribution >= 0.6 is 0 Å². The van der Waals surface area contributed by atoms with Gasteiger partial charge in [-0.05, 0) is 77.0 Å². The van der Waals surface area contributed by atoms with Gasteiger partial charge in [-0.2, -0.15) is 0 Å². The highest BCUT2D eigenvalue weighted by molar-refractivity contribution is 6.18. The molecule has 0 atom stereocenters. The van der Waals surface area contributed by atoms with E-state index in [1.807, 2.05) is 42.5 Å². The van der Waals surface area contributed by atoms with Gasteiger partial charge in [-0.1, -0.05) is 84.9 Å². The van der Waals surface area contributed by atoms with E-state index in [0.29, 0.717) is 11.5 Å². The summed E-state index contributed by atoms with van der Waals surface area (Å²) in [6.07, 6.45) is 3.78. The van der Waals surface area contributed by atoms with Crippen LogP contribution in [0.25, 0.3) is 71.6 Å². The molecular weight excluding hydrogens is 512 g/mol. The second-order valence-corrected chi connectivity index (χ2v) is 10.7. The monoisotopic (exact) mass is 540 g/mol. The van der Waals surface area contributed by atoms with E-state index < -0.39 is 0 Å². The average Bonchev–Trinajstić information content (AvgIpc) is 3.54. The molecule has 0 aliphatic rings. The molecule has 0 aliphatic carbocycles. The van der Waals surface area contributed by atoms with Crippen LogP contribution in [0, 0.1) is 0 Å². The van der Waals surface area contributed by atoms with Gasteiger partial charge in [0.25, 0.3) is 0 Å². The van der Waals surface area contributed by atoms with Crippen LogP contribution in [0.3, 0.4) is 0 Å². The predicted molar refractivity (Wildman–Crippen MR) is 178 cm³/mol. The number of benzene rings is 6. The third-order valence-corrected chi connectivity index (χ3v) is 8.23. The number of fused-ring (bicyclic) bond motifs is 7. The van der Waals surface area contributed by atoms with Gasteiger partial charge in [0, 0.05) is 32.9 Å². The van der Waals surface area contributed by atoms with Gasteiger partial charge < -0.3 is 16.0 Å². The zero-order valence-electron chi connectivity index (χ0n) is 22.9. The Morgan fingerprint density at radius 1 is 0.476 bits per heavy atom. The Bertz CT molecular complexity index is 2350. The summed E-state index contributed by atoms with van der Waals surface area (Å²) in [5.74, 6) is 0.612. The van der Waals surface area contributed by atoms with Gasteiger partial charge >= 0.3 is 0 Å². The maximum Gasteiger partial charge on any atom is 0.108 e. The summed E-state index contributed by atoms with van der Waals surface area (Å²) in [6, 6.07) is 46.8. The molecule has 0 bridgehead atoms. The predicted octanol–water partition coefficient (Wildman–Crippen LogP) is 8.80. The van der Waals surface area contributed by atoms with Crippen LogP contribution in [-0.2, 0) is 0 Å². The molecule has 4 heteroatoms. The number of hydrogen-bond donors (Lipinski definition) is 2. The van der Waals surface area contributed by atoms with E-state index in [0.717, 1.165) is 33.1 Å². The lowest BCUT2D eigenvalue weighted by Gasteiger charge is -2.10. The van der Waals surface area contributed by atoms with Gasteiger partial charge in [0.1, 0.15) is 5.82 Å². The summed E-state index contributed by atoms with van der Waals surface area (Å²) < 4.78 is 4.50. The molecule has 0 unspecified atom stereocenters. The molecule has 2 heterocycles. The zero-order chi connectivity index (χ0) is 28.2. The zero-order valence-corrected chi connectivity index (χ0v) is 22.9. The minimum Gasteiger partial charge on any atom is -0.398 e. The van der Waals surface area contributed by atoms with E-state index in [9.17, 15) is 0 Å². The molecule has 8 aromatic rings. The normalized spacial score (nSPS) is 12.8. The molecule has 8 rings (SSSR count). The standard InChI is InChI=1S/C38H28N4/c39-33(25-11-3-1-4-12-25)19-20-38(40)42-35-18-10-8-16-30(35)32-22-26-23-36-31(21-27(26)24-37(32)42)29-15-7-9-17-34(29)41(36)28-13-5-2-6-14-28/h1-24H,39-40H2/b33-19-,38-20+. The van der Waals surface area contributed by atoms with Gasteiger partial charge in [0.05, 0.1) is 22.1 Å². The van der Waals surface area contributed by atoms with Gasteiger partial charge in [0.2, 0.25) is 0 Å². The van der Waals surface area contributed by atoms with E-state index >= 15 is 0 Å². The Balaban J connectivity index is 1.39. The molecule has 0 saturated carbocycles. The molecule has 4 N–H and O–H groups in total. The molecule has 0 amide bonds. The molecule has 6 aromatic carbocycles. The van der Waals surface area contributed by atoms with E-state index in [1.54, 1.807) is 0 Å². The van der Waals surface area contributed by atoms with Crippen molar-refractivity contribution >= 4 is 65.9 Å². The molecular formula is C38H28N4. The van der Waals surface area contributed by atoms with Crippen molar-refractivity contribution in [3.63, 3.8) is 0 Å². The van der Waals surface area contributed by atoms with Crippen LogP contribution in [0.4, 0.5) is 0 Å². The number of para-hydroxylation sites is 3. The Morgan fingerprint density at radius 2 is 1.02 bits per heavy atom. The smallest absolute Gasteiger partial charge is 0.108 e. The molecule has 0 radical (unpaired) electrons. The second kappa shape index (κ2) is 9.43. The molecule has 0 spiro atoms. The fraction of sp³-hybridized carbons (Fsp3) is 0. The lowest BCUT2D eigenvalue weighted by molar-refractivity contribution is 1.18. The number of nitrogens with two attached hydrogens (primary N) is 2. The summed E-state index contributed by atoms with van der Waals surface area (Å²) in [7, 11) is 0. The van der Waals surface area contributed by atoms with Crippen LogP contribution in [0.1, 0.15) is 5.56 Å². The maximum atomic E-state index is 6.80. The first-order chi connectivity index (χ1) is 20.7. The number of nitrogens with zero attached hydrogens (tertiary/aromatic N) is 2. The number of aromatic nitrogens is 2. The number of allylic oxidation sites excluding steroid dienone is 2. The van der Waals surface area contributed by atoms with Crippen LogP contribution < -0.4 is 11.5 Å². The molecule has 0 saturated heterocycles. The summed E-state index contributed by atoms with van der Waals surface area (Å²) in [4.78, 5) is 0. The Kier molecular flexibility index (Phi) is 5.41. The van der Waals surface area contributed by atoms with Crippen LogP contribution in [0.5, 0.6) is 0 Å². The quantitative estimate of drug-likeness (QED) is 0.219. The first-order valence-electron chi connectivity index (χ1n) is 14.1. The van der Waals surface area contributed by atoms with E-state index in [2.05, 4.69) is 112 Å². The second-order valence-electron chi connectivity index (χ2n) is 10.7. The minimum atomic E-state index is 0.612. The molecule has 200 valence electrons. The van der Waals surface area contributed by atoms with Crippen LogP contribution in [0.2, 0.25) is 0 Å². The summed E-state index contributed by atoms with van der Waals surface area (Å²) >= 11 is 0. The summed E-state index contributed by atoms with van der Waals surface area (Å²) in [5.41, 5.74) is 20.5. The largest absolute Gasteiger partial charge is 0.398 e. The van der Waals surface area contributed by atoms with Crippen molar-refractivity contribution < 1.29 is 0 Å². The van der Waals surface area contributed by atoms with Gasteiger partial charge in [0.15, 0.2) is 0 Å². The third kappa shape index (κ3) is 3.70. The van der Waals surface area contributed by atoms with E-state index in [-0.39, 0.29) is 0 Å². The van der Waals surface area contributed by atoms with Gasteiger partial charge in [-0.3, -0.25) is 4.57 Å². The maximum absolute atomic E-state index is 6.80. The average molecular weight is 541 g/mol. The first-order valence-corrected chi connectivity index (χ1v) is 14.1. The summed E-state index contributed by atoms with van der Waals surface area (Å²) in [6.45, 7) is 0. The molecule has 0 fully saturated rings. The Hall–Kier alpha value is -5.74. The van der Waals surface area contributed by atoms with Crippen LogP contribution in [-0.4, -0.2) is 9.13 Å². The highest BCUT2D eigenvalue weighted by atomic mass is 15.1. The van der Waals surface area contributed by atoms with E-state index in [1.165, 1.54) is 32.6 Å². The SMILES string of the molecule is N/C(=C\C=C(/N)n1c2ccccc2c2cc3cc4c(cc3cc21)c1ccccc1n4-c1ccccc1)c1ccccc1. The third-order valence-electron chi connectivity index (χ3n) is 8.23. The van der Waals surface area contributed by atoms with Crippen molar-refractivity contribution in [3.05, 3.63) is 151 Å². The first kappa shape index (κ1) is 24.1. The van der Waals surface area contributed by atoms with Crippen LogP contribution in [0.15, 0.2) is 146 Å². The van der Waals surface area contributed by atoms with Gasteiger partial charge in [-0.25, -0.2) is 0 Å². The van der Waals surface area contributed by atoms with Crippen molar-refractivity contribution in [2.75, 3.05) is 0 Å². The fourth-order valence-corrected chi connectivity index (χ4v) is 6.29. The highest BCUT2D eigenvalue weighted by Crippen LogP contribution is 2.38. The molecule has 42 heavy (non-hydrogen) atoms. The lowest BCUT2D eigenvalue weighted by atomic mass is 10.0. The lowest BCUT2D eigenvalue weighted by Crippen LogP contribution is -2.06. The Labute approximate surface area is 243 Å². The van der Waals surface area contributed by atoms with Crippen molar-refractivity contribution in [3.8, 4) is 5.69 Å². The minimum absolute atomic E-state index is 0.612. The van der Waals surface area contributed by atoms with E-state index in [4.69, 9.17) is 11.5 Å². The number of rotatable bonds is 4. The molecule has 4 nitrogen and oxygen atoms in total. The van der Waals surface area contributed by atoms with Crippen molar-refractivity contribution in [2.45, 2.75) is 0 Å². The summed E-state index contributed by atoms with van der Waals surface area (Å²) in [5, 5.41) is 7.15. The fourth-order valence-electron chi connectivity index (χ4n) is 6.29. The number of hydrogen-bond acceptors (Lipinski definition) is 2. The van der Waals surface area contributed by atoms with Crippen molar-refractivity contribution in [1.29, 1.82) is 0 Å². The highest BCUT2D eigenvalue weighted by Gasteiger charge is 2.16. The van der Waals surface area contributed by atoms with Gasteiger partial charge in [-0.15, -0.1) is 0 Å². The topological polar surface area (TPSA) is 61.9 Å².